The lowest BCUT2D eigenvalue weighted by molar-refractivity contribution is -0.0617. The maximum absolute atomic E-state index is 10.7. The van der Waals surface area contributed by atoms with E-state index >= 15 is 0 Å². The Balaban J connectivity index is 1.51. The van der Waals surface area contributed by atoms with Gasteiger partial charge in [0, 0.05) is 16.5 Å². The zero-order valence-electron chi connectivity index (χ0n) is 12.3. The van der Waals surface area contributed by atoms with E-state index in [0.29, 0.717) is 29.6 Å². The van der Waals surface area contributed by atoms with Crippen molar-refractivity contribution in [1.82, 2.24) is 10.1 Å². The number of nitrogens with zero attached hydrogens (tertiary/aromatic N) is 2. The standard InChI is InChI=1S/C18H15ClN2O2/c19-15-8-4-7-14(9-15)18(22)10-13(11-18)17-20-16(21-23-17)12-5-2-1-3-6-12/h1-9,13,22H,10-11H2. The Kier molecular flexibility index (Phi) is 3.43. The van der Waals surface area contributed by atoms with Crippen LogP contribution in [-0.2, 0) is 5.60 Å². The third-order valence-corrected chi connectivity index (χ3v) is 4.59. The summed E-state index contributed by atoms with van der Waals surface area (Å²) in [5.41, 5.74) is 0.896. The van der Waals surface area contributed by atoms with Gasteiger partial charge in [0.2, 0.25) is 11.7 Å². The second kappa shape index (κ2) is 5.48. The van der Waals surface area contributed by atoms with Crippen LogP contribution in [0.1, 0.15) is 30.2 Å². The third kappa shape index (κ3) is 2.64. The molecule has 1 aliphatic carbocycles. The van der Waals surface area contributed by atoms with Gasteiger partial charge in [0.25, 0.3) is 0 Å². The average Bonchev–Trinajstić information content (AvgIpc) is 3.02. The molecule has 1 aromatic heterocycles. The molecule has 0 bridgehead atoms. The maximum Gasteiger partial charge on any atom is 0.230 e. The fraction of sp³-hybridized carbons (Fsp3) is 0.222. The highest BCUT2D eigenvalue weighted by Gasteiger charge is 2.47. The summed E-state index contributed by atoms with van der Waals surface area (Å²) in [4.78, 5) is 4.46. The highest BCUT2D eigenvalue weighted by atomic mass is 35.5. The van der Waals surface area contributed by atoms with Crippen LogP contribution in [0.5, 0.6) is 0 Å². The van der Waals surface area contributed by atoms with Gasteiger partial charge in [-0.2, -0.15) is 4.98 Å². The molecule has 1 fully saturated rings. The maximum atomic E-state index is 10.7. The molecule has 1 aliphatic rings. The van der Waals surface area contributed by atoms with Crippen molar-refractivity contribution in [2.75, 3.05) is 0 Å². The van der Waals surface area contributed by atoms with Crippen LogP contribution in [0.3, 0.4) is 0 Å². The fourth-order valence-electron chi connectivity index (χ4n) is 3.05. The van der Waals surface area contributed by atoms with E-state index in [4.69, 9.17) is 16.1 Å². The van der Waals surface area contributed by atoms with Crippen LogP contribution in [0.15, 0.2) is 59.1 Å². The first-order valence-electron chi connectivity index (χ1n) is 7.51. The molecule has 4 nitrogen and oxygen atoms in total. The van der Waals surface area contributed by atoms with E-state index in [1.54, 1.807) is 12.1 Å². The molecule has 3 aromatic rings. The molecule has 0 atom stereocenters. The molecule has 5 heteroatoms. The Morgan fingerprint density at radius 3 is 2.61 bits per heavy atom. The number of rotatable bonds is 3. The van der Waals surface area contributed by atoms with E-state index in [9.17, 15) is 5.11 Å². The number of benzene rings is 2. The van der Waals surface area contributed by atoms with E-state index in [0.717, 1.165) is 11.1 Å². The van der Waals surface area contributed by atoms with E-state index in [1.807, 2.05) is 42.5 Å². The van der Waals surface area contributed by atoms with Crippen molar-refractivity contribution in [3.63, 3.8) is 0 Å². The van der Waals surface area contributed by atoms with Crippen LogP contribution >= 0.6 is 11.6 Å². The fourth-order valence-corrected chi connectivity index (χ4v) is 3.24. The third-order valence-electron chi connectivity index (χ3n) is 4.35. The van der Waals surface area contributed by atoms with Crippen LogP contribution in [0.25, 0.3) is 11.4 Å². The van der Waals surface area contributed by atoms with Crippen molar-refractivity contribution >= 4 is 11.6 Å². The number of halogens is 1. The predicted molar refractivity (Wildman–Crippen MR) is 87.1 cm³/mol. The van der Waals surface area contributed by atoms with Crippen molar-refractivity contribution < 1.29 is 9.63 Å². The van der Waals surface area contributed by atoms with Gasteiger partial charge in [-0.15, -0.1) is 0 Å². The largest absolute Gasteiger partial charge is 0.385 e. The Bertz CT molecular complexity index is 826. The van der Waals surface area contributed by atoms with Crippen molar-refractivity contribution in [1.29, 1.82) is 0 Å². The van der Waals surface area contributed by atoms with Crippen molar-refractivity contribution in [3.05, 3.63) is 71.1 Å². The first-order chi connectivity index (χ1) is 11.1. The van der Waals surface area contributed by atoms with E-state index in [1.165, 1.54) is 0 Å². The van der Waals surface area contributed by atoms with Gasteiger partial charge in [-0.1, -0.05) is 59.2 Å². The molecule has 0 amide bonds. The quantitative estimate of drug-likeness (QED) is 0.785. The Morgan fingerprint density at radius 2 is 1.87 bits per heavy atom. The molecule has 23 heavy (non-hydrogen) atoms. The van der Waals surface area contributed by atoms with Crippen molar-refractivity contribution in [2.24, 2.45) is 0 Å². The highest BCUT2D eigenvalue weighted by Crippen LogP contribution is 2.50. The molecule has 1 heterocycles. The van der Waals surface area contributed by atoms with Crippen LogP contribution in [0.2, 0.25) is 5.02 Å². The summed E-state index contributed by atoms with van der Waals surface area (Å²) in [6.45, 7) is 0. The summed E-state index contributed by atoms with van der Waals surface area (Å²) in [7, 11) is 0. The number of aromatic nitrogens is 2. The second-order valence-electron chi connectivity index (χ2n) is 5.97. The minimum absolute atomic E-state index is 0.0731. The van der Waals surface area contributed by atoms with Crippen LogP contribution in [0, 0.1) is 0 Å². The summed E-state index contributed by atoms with van der Waals surface area (Å²) >= 11 is 6.00. The first-order valence-corrected chi connectivity index (χ1v) is 7.89. The first kappa shape index (κ1) is 14.4. The lowest BCUT2D eigenvalue weighted by atomic mass is 9.67. The summed E-state index contributed by atoms with van der Waals surface area (Å²) < 4.78 is 5.38. The molecular formula is C18H15ClN2O2. The molecule has 0 unspecified atom stereocenters. The molecule has 2 aromatic carbocycles. The lowest BCUT2D eigenvalue weighted by Gasteiger charge is -2.42. The molecule has 1 saturated carbocycles. The second-order valence-corrected chi connectivity index (χ2v) is 6.41. The van der Waals surface area contributed by atoms with Gasteiger partial charge in [0.1, 0.15) is 0 Å². The smallest absolute Gasteiger partial charge is 0.230 e. The molecule has 0 spiro atoms. The average molecular weight is 327 g/mol. The monoisotopic (exact) mass is 326 g/mol. The predicted octanol–water partition coefficient (Wildman–Crippen LogP) is 4.16. The Hall–Kier alpha value is -2.17. The molecule has 116 valence electrons. The summed E-state index contributed by atoms with van der Waals surface area (Å²) in [6.07, 6.45) is 1.12. The van der Waals surface area contributed by atoms with Crippen LogP contribution in [0.4, 0.5) is 0 Å². The molecule has 0 aliphatic heterocycles. The SMILES string of the molecule is OC1(c2cccc(Cl)c2)CC(c2nc(-c3ccccc3)no2)C1. The Labute approximate surface area is 138 Å². The number of hydrogen-bond donors (Lipinski definition) is 1. The molecule has 0 radical (unpaired) electrons. The van der Waals surface area contributed by atoms with Crippen LogP contribution < -0.4 is 0 Å². The lowest BCUT2D eigenvalue weighted by Crippen LogP contribution is -2.39. The minimum Gasteiger partial charge on any atom is -0.385 e. The molecule has 0 saturated heterocycles. The minimum atomic E-state index is -0.864. The van der Waals surface area contributed by atoms with Crippen molar-refractivity contribution in [2.45, 2.75) is 24.4 Å². The van der Waals surface area contributed by atoms with Gasteiger partial charge in [0.05, 0.1) is 5.60 Å². The summed E-state index contributed by atoms with van der Waals surface area (Å²) in [6, 6.07) is 17.1. The van der Waals surface area contributed by atoms with Gasteiger partial charge in [0.15, 0.2) is 0 Å². The van der Waals surface area contributed by atoms with Crippen LogP contribution in [-0.4, -0.2) is 15.2 Å². The highest BCUT2D eigenvalue weighted by molar-refractivity contribution is 6.30. The normalized spacial score (nSPS) is 23.5. The van der Waals surface area contributed by atoms with Gasteiger partial charge < -0.3 is 9.63 Å². The zero-order chi connectivity index (χ0) is 15.9. The van der Waals surface area contributed by atoms with E-state index < -0.39 is 5.60 Å². The van der Waals surface area contributed by atoms with E-state index in [2.05, 4.69) is 10.1 Å². The van der Waals surface area contributed by atoms with E-state index in [-0.39, 0.29) is 5.92 Å². The molecule has 1 N–H and O–H groups in total. The van der Waals surface area contributed by atoms with Gasteiger partial charge in [-0.05, 0) is 30.5 Å². The number of hydrogen-bond acceptors (Lipinski definition) is 4. The summed E-state index contributed by atoms with van der Waals surface area (Å²) in [5, 5.41) is 15.4. The zero-order valence-corrected chi connectivity index (χ0v) is 13.1. The Morgan fingerprint density at radius 1 is 1.09 bits per heavy atom. The van der Waals surface area contributed by atoms with Gasteiger partial charge in [-0.3, -0.25) is 0 Å². The molecular weight excluding hydrogens is 312 g/mol. The molecule has 4 rings (SSSR count). The van der Waals surface area contributed by atoms with Gasteiger partial charge >= 0.3 is 0 Å². The summed E-state index contributed by atoms with van der Waals surface area (Å²) in [5.74, 6) is 1.23. The van der Waals surface area contributed by atoms with Crippen molar-refractivity contribution in [3.8, 4) is 11.4 Å². The van der Waals surface area contributed by atoms with Gasteiger partial charge in [-0.25, -0.2) is 0 Å². The number of aliphatic hydroxyl groups is 1. The topological polar surface area (TPSA) is 59.2 Å².